The van der Waals surface area contributed by atoms with Gasteiger partial charge in [-0.2, -0.15) is 0 Å². The summed E-state index contributed by atoms with van der Waals surface area (Å²) >= 11 is 1.57. The summed E-state index contributed by atoms with van der Waals surface area (Å²) < 4.78 is 0. The summed E-state index contributed by atoms with van der Waals surface area (Å²) in [4.78, 5) is 15.8. The molecule has 0 aliphatic heterocycles. The highest BCUT2D eigenvalue weighted by molar-refractivity contribution is 7.15. The number of aryl methyl sites for hydroxylation is 2. The van der Waals surface area contributed by atoms with Crippen LogP contribution in [0.2, 0.25) is 0 Å². The molecule has 1 aromatic heterocycles. The lowest BCUT2D eigenvalue weighted by atomic mass is 10.1. The van der Waals surface area contributed by atoms with Crippen LogP contribution in [0.15, 0.2) is 30.5 Å². The van der Waals surface area contributed by atoms with Crippen LogP contribution in [0.25, 0.3) is 10.4 Å². The van der Waals surface area contributed by atoms with Gasteiger partial charge in [-0.3, -0.25) is 4.79 Å². The molecule has 0 fully saturated rings. The van der Waals surface area contributed by atoms with Crippen molar-refractivity contribution >= 4 is 17.3 Å². The molecule has 0 aliphatic rings. The Kier molecular flexibility index (Phi) is 3.54. The van der Waals surface area contributed by atoms with Gasteiger partial charge < -0.3 is 5.11 Å². The Morgan fingerprint density at radius 2 is 2.18 bits per heavy atom. The van der Waals surface area contributed by atoms with Gasteiger partial charge >= 0.3 is 5.97 Å². The number of benzene rings is 1. The highest BCUT2D eigenvalue weighted by atomic mass is 32.1. The Bertz CT molecular complexity index is 534. The Morgan fingerprint density at radius 3 is 2.88 bits per heavy atom. The van der Waals surface area contributed by atoms with Crippen LogP contribution in [0.4, 0.5) is 0 Å². The molecule has 0 unspecified atom stereocenters. The number of hydrogen-bond acceptors (Lipinski definition) is 3. The van der Waals surface area contributed by atoms with Crippen LogP contribution in [0.3, 0.4) is 0 Å². The SMILES string of the molecule is Cc1ccccc1-c1cnc(CCC(=O)O)s1. The van der Waals surface area contributed by atoms with Crippen molar-refractivity contribution in [1.82, 2.24) is 4.98 Å². The second-order valence-corrected chi connectivity index (χ2v) is 4.94. The quantitative estimate of drug-likeness (QED) is 0.903. The van der Waals surface area contributed by atoms with Crippen LogP contribution in [0.1, 0.15) is 17.0 Å². The minimum atomic E-state index is -0.780. The van der Waals surface area contributed by atoms with Gasteiger partial charge in [0, 0.05) is 12.6 Å². The van der Waals surface area contributed by atoms with Crippen LogP contribution < -0.4 is 0 Å². The number of carboxylic acids is 1. The third-order valence-corrected chi connectivity index (χ3v) is 3.61. The van der Waals surface area contributed by atoms with E-state index in [1.165, 1.54) is 11.1 Å². The fourth-order valence-electron chi connectivity index (χ4n) is 1.61. The molecule has 0 radical (unpaired) electrons. The summed E-state index contributed by atoms with van der Waals surface area (Å²) in [7, 11) is 0. The molecule has 0 saturated carbocycles. The van der Waals surface area contributed by atoms with Gasteiger partial charge in [0.1, 0.15) is 0 Å². The predicted octanol–water partition coefficient (Wildman–Crippen LogP) is 3.14. The highest BCUT2D eigenvalue weighted by Gasteiger charge is 2.07. The second kappa shape index (κ2) is 5.10. The van der Waals surface area contributed by atoms with E-state index in [4.69, 9.17) is 5.11 Å². The monoisotopic (exact) mass is 247 g/mol. The van der Waals surface area contributed by atoms with Crippen LogP contribution >= 0.6 is 11.3 Å². The minimum absolute atomic E-state index is 0.140. The van der Waals surface area contributed by atoms with Gasteiger partial charge in [0.15, 0.2) is 0 Å². The smallest absolute Gasteiger partial charge is 0.303 e. The Hall–Kier alpha value is -1.68. The van der Waals surface area contributed by atoms with Crippen molar-refractivity contribution in [3.63, 3.8) is 0 Å². The van der Waals surface area contributed by atoms with E-state index in [2.05, 4.69) is 24.0 Å². The van der Waals surface area contributed by atoms with E-state index < -0.39 is 5.97 Å². The first-order valence-corrected chi connectivity index (χ1v) is 6.21. The molecular weight excluding hydrogens is 234 g/mol. The molecule has 1 aromatic carbocycles. The van der Waals surface area contributed by atoms with Crippen LogP contribution in [0, 0.1) is 6.92 Å². The lowest BCUT2D eigenvalue weighted by Crippen LogP contribution is -1.96. The molecule has 1 N–H and O–H groups in total. The van der Waals surface area contributed by atoms with Crippen molar-refractivity contribution in [3.05, 3.63) is 41.0 Å². The van der Waals surface area contributed by atoms with E-state index in [0.29, 0.717) is 6.42 Å². The van der Waals surface area contributed by atoms with E-state index in [0.717, 1.165) is 9.88 Å². The predicted molar refractivity (Wildman–Crippen MR) is 68.2 cm³/mol. The van der Waals surface area contributed by atoms with E-state index in [9.17, 15) is 4.79 Å². The summed E-state index contributed by atoms with van der Waals surface area (Å²) in [6, 6.07) is 8.12. The molecule has 88 valence electrons. The first-order chi connectivity index (χ1) is 8.16. The maximum atomic E-state index is 10.5. The fourth-order valence-corrected chi connectivity index (χ4v) is 2.62. The molecule has 2 aromatic rings. The van der Waals surface area contributed by atoms with Crippen LogP contribution in [-0.2, 0) is 11.2 Å². The van der Waals surface area contributed by atoms with Gasteiger partial charge in [-0.05, 0) is 18.1 Å². The van der Waals surface area contributed by atoms with Gasteiger partial charge in [-0.25, -0.2) is 4.98 Å². The molecule has 0 bridgehead atoms. The molecule has 17 heavy (non-hydrogen) atoms. The topological polar surface area (TPSA) is 50.2 Å². The zero-order valence-electron chi connectivity index (χ0n) is 9.51. The summed E-state index contributed by atoms with van der Waals surface area (Å²) in [6.45, 7) is 2.06. The zero-order chi connectivity index (χ0) is 12.3. The largest absolute Gasteiger partial charge is 0.481 e. The van der Waals surface area contributed by atoms with E-state index in [1.807, 2.05) is 18.3 Å². The van der Waals surface area contributed by atoms with Crippen molar-refractivity contribution in [2.45, 2.75) is 19.8 Å². The first kappa shape index (κ1) is 11.8. The maximum Gasteiger partial charge on any atom is 0.303 e. The van der Waals surface area contributed by atoms with Gasteiger partial charge in [-0.1, -0.05) is 24.3 Å². The van der Waals surface area contributed by atoms with Crippen molar-refractivity contribution in [1.29, 1.82) is 0 Å². The Labute approximate surface area is 104 Å². The summed E-state index contributed by atoms with van der Waals surface area (Å²) in [5, 5.41) is 9.50. The van der Waals surface area contributed by atoms with Crippen molar-refractivity contribution < 1.29 is 9.90 Å². The number of aromatic nitrogens is 1. The highest BCUT2D eigenvalue weighted by Crippen LogP contribution is 2.29. The maximum absolute atomic E-state index is 10.5. The second-order valence-electron chi connectivity index (χ2n) is 3.83. The van der Waals surface area contributed by atoms with Crippen LogP contribution in [-0.4, -0.2) is 16.1 Å². The lowest BCUT2D eigenvalue weighted by molar-refractivity contribution is -0.136. The number of carbonyl (C=O) groups is 1. The lowest BCUT2D eigenvalue weighted by Gasteiger charge is -2.00. The van der Waals surface area contributed by atoms with Gasteiger partial charge in [0.05, 0.1) is 16.3 Å². The molecular formula is C13H13NO2S. The first-order valence-electron chi connectivity index (χ1n) is 5.39. The van der Waals surface area contributed by atoms with Gasteiger partial charge in [0.2, 0.25) is 0 Å². The van der Waals surface area contributed by atoms with Crippen molar-refractivity contribution in [3.8, 4) is 10.4 Å². The Balaban J connectivity index is 2.18. The number of thiazole rings is 1. The van der Waals surface area contributed by atoms with Crippen molar-refractivity contribution in [2.75, 3.05) is 0 Å². The minimum Gasteiger partial charge on any atom is -0.481 e. The number of carboxylic acid groups (broad SMARTS) is 1. The molecule has 0 aliphatic carbocycles. The summed E-state index contributed by atoms with van der Waals surface area (Å²) in [6.07, 6.45) is 2.47. The molecule has 4 heteroatoms. The third kappa shape index (κ3) is 2.91. The number of rotatable bonds is 4. The van der Waals surface area contributed by atoms with E-state index in [-0.39, 0.29) is 6.42 Å². The fraction of sp³-hybridized carbons (Fsp3) is 0.231. The zero-order valence-corrected chi connectivity index (χ0v) is 10.3. The normalized spacial score (nSPS) is 10.4. The molecule has 0 atom stereocenters. The molecule has 2 rings (SSSR count). The number of nitrogens with zero attached hydrogens (tertiary/aromatic N) is 1. The summed E-state index contributed by atoms with van der Waals surface area (Å²) in [5.74, 6) is -0.780. The third-order valence-electron chi connectivity index (χ3n) is 2.52. The standard InChI is InChI=1S/C13H13NO2S/c1-9-4-2-3-5-10(9)11-8-14-12(17-11)6-7-13(15)16/h2-5,8H,6-7H2,1H3,(H,15,16). The molecule has 0 spiro atoms. The molecule has 3 nitrogen and oxygen atoms in total. The number of hydrogen-bond donors (Lipinski definition) is 1. The van der Waals surface area contributed by atoms with Crippen LogP contribution in [0.5, 0.6) is 0 Å². The number of aliphatic carboxylic acids is 1. The van der Waals surface area contributed by atoms with Crippen molar-refractivity contribution in [2.24, 2.45) is 0 Å². The molecule has 0 amide bonds. The van der Waals surface area contributed by atoms with E-state index >= 15 is 0 Å². The molecule has 0 saturated heterocycles. The van der Waals surface area contributed by atoms with Gasteiger partial charge in [0.25, 0.3) is 0 Å². The van der Waals surface area contributed by atoms with Gasteiger partial charge in [-0.15, -0.1) is 11.3 Å². The average Bonchev–Trinajstić information content (AvgIpc) is 2.75. The van der Waals surface area contributed by atoms with E-state index in [1.54, 1.807) is 11.3 Å². The molecule has 1 heterocycles. The summed E-state index contributed by atoms with van der Waals surface area (Å²) in [5.41, 5.74) is 2.38. The average molecular weight is 247 g/mol. The Morgan fingerprint density at radius 1 is 1.41 bits per heavy atom.